The molecule has 26 heavy (non-hydrogen) atoms. The number of nitrogens with zero attached hydrogens (tertiary/aromatic N) is 1. The van der Waals surface area contributed by atoms with E-state index >= 15 is 0 Å². The quantitative estimate of drug-likeness (QED) is 0.538. The fraction of sp³-hybridized carbons (Fsp3) is 0.667. The third kappa shape index (κ3) is 5.63. The van der Waals surface area contributed by atoms with E-state index in [1.165, 1.54) is 12.8 Å². The van der Waals surface area contributed by atoms with Gasteiger partial charge in [-0.2, -0.15) is 0 Å². The van der Waals surface area contributed by atoms with Crippen molar-refractivity contribution in [2.24, 2.45) is 4.99 Å². The average Bonchev–Trinajstić information content (AvgIpc) is 3.16. The van der Waals surface area contributed by atoms with E-state index in [1.807, 2.05) is 6.07 Å². The predicted molar refractivity (Wildman–Crippen MR) is 106 cm³/mol. The molecule has 2 fully saturated rings. The SMILES string of the molecule is CCNC(=NCc1ccccc1OC1CCCC1)NC1CCC(O)CC1. The van der Waals surface area contributed by atoms with Crippen molar-refractivity contribution in [2.45, 2.75) is 83.1 Å². The molecule has 0 aromatic heterocycles. The van der Waals surface area contributed by atoms with E-state index in [1.54, 1.807) is 0 Å². The Bertz CT molecular complexity index is 576. The lowest BCUT2D eigenvalue weighted by atomic mass is 9.93. The van der Waals surface area contributed by atoms with Gasteiger partial charge in [-0.1, -0.05) is 18.2 Å². The van der Waals surface area contributed by atoms with Gasteiger partial charge in [0, 0.05) is 18.2 Å². The Labute approximate surface area is 157 Å². The second kappa shape index (κ2) is 9.81. The molecule has 144 valence electrons. The minimum atomic E-state index is -0.132. The van der Waals surface area contributed by atoms with E-state index in [2.05, 4.69) is 35.8 Å². The van der Waals surface area contributed by atoms with Crippen LogP contribution in [0, 0.1) is 0 Å². The molecule has 0 unspecified atom stereocenters. The number of guanidine groups is 1. The summed E-state index contributed by atoms with van der Waals surface area (Å²) in [6, 6.07) is 8.64. The smallest absolute Gasteiger partial charge is 0.191 e. The second-order valence-corrected chi connectivity index (χ2v) is 7.48. The van der Waals surface area contributed by atoms with Crippen LogP contribution in [0.5, 0.6) is 5.75 Å². The van der Waals surface area contributed by atoms with Crippen LogP contribution in [0.4, 0.5) is 0 Å². The number of benzene rings is 1. The molecule has 5 heteroatoms. The summed E-state index contributed by atoms with van der Waals surface area (Å²) >= 11 is 0. The van der Waals surface area contributed by atoms with Gasteiger partial charge in [0.05, 0.1) is 18.8 Å². The van der Waals surface area contributed by atoms with Gasteiger partial charge in [0.25, 0.3) is 0 Å². The highest BCUT2D eigenvalue weighted by Crippen LogP contribution is 2.27. The molecular formula is C21H33N3O2. The minimum Gasteiger partial charge on any atom is -0.490 e. The zero-order valence-corrected chi connectivity index (χ0v) is 15.9. The van der Waals surface area contributed by atoms with Crippen molar-refractivity contribution in [1.82, 2.24) is 10.6 Å². The summed E-state index contributed by atoms with van der Waals surface area (Å²) < 4.78 is 6.22. The number of ether oxygens (including phenoxy) is 1. The zero-order valence-electron chi connectivity index (χ0n) is 15.9. The Hall–Kier alpha value is -1.75. The molecule has 0 heterocycles. The van der Waals surface area contributed by atoms with Crippen molar-refractivity contribution in [2.75, 3.05) is 6.54 Å². The van der Waals surface area contributed by atoms with Crippen molar-refractivity contribution in [3.8, 4) is 5.75 Å². The number of nitrogens with one attached hydrogen (secondary N) is 2. The van der Waals surface area contributed by atoms with E-state index in [4.69, 9.17) is 9.73 Å². The van der Waals surface area contributed by atoms with Crippen LogP contribution in [-0.2, 0) is 6.54 Å². The van der Waals surface area contributed by atoms with Crippen LogP contribution in [0.15, 0.2) is 29.3 Å². The molecule has 0 bridgehead atoms. The van der Waals surface area contributed by atoms with Crippen LogP contribution in [0.1, 0.15) is 63.9 Å². The number of hydrogen-bond acceptors (Lipinski definition) is 3. The normalized spacial score (nSPS) is 24.5. The molecule has 3 rings (SSSR count). The van der Waals surface area contributed by atoms with Gasteiger partial charge in [0.15, 0.2) is 5.96 Å². The molecule has 2 aliphatic carbocycles. The van der Waals surface area contributed by atoms with E-state index < -0.39 is 0 Å². The maximum Gasteiger partial charge on any atom is 0.191 e. The number of rotatable bonds is 6. The first-order valence-corrected chi connectivity index (χ1v) is 10.2. The molecule has 2 aliphatic rings. The number of aliphatic imine (C=N–C) groups is 1. The van der Waals surface area contributed by atoms with Crippen LogP contribution in [0.3, 0.4) is 0 Å². The third-order valence-electron chi connectivity index (χ3n) is 5.36. The van der Waals surface area contributed by atoms with Crippen LogP contribution in [-0.4, -0.2) is 35.9 Å². The first-order valence-electron chi connectivity index (χ1n) is 10.2. The highest BCUT2D eigenvalue weighted by atomic mass is 16.5. The lowest BCUT2D eigenvalue weighted by Gasteiger charge is -2.27. The predicted octanol–water partition coefficient (Wildman–Crippen LogP) is 3.37. The molecule has 2 saturated carbocycles. The van der Waals surface area contributed by atoms with Gasteiger partial charge in [-0.3, -0.25) is 0 Å². The molecule has 0 spiro atoms. The number of aliphatic hydroxyl groups excluding tert-OH is 1. The fourth-order valence-corrected chi connectivity index (χ4v) is 3.83. The molecule has 1 aromatic carbocycles. The fourth-order valence-electron chi connectivity index (χ4n) is 3.83. The number of aliphatic hydroxyl groups is 1. The van der Waals surface area contributed by atoms with E-state index in [0.717, 1.165) is 62.3 Å². The van der Waals surface area contributed by atoms with Gasteiger partial charge in [0.2, 0.25) is 0 Å². The summed E-state index contributed by atoms with van der Waals surface area (Å²) in [4.78, 5) is 4.78. The number of para-hydroxylation sites is 1. The molecule has 3 N–H and O–H groups in total. The van der Waals surface area contributed by atoms with Crippen molar-refractivity contribution in [1.29, 1.82) is 0 Å². The van der Waals surface area contributed by atoms with Crippen molar-refractivity contribution < 1.29 is 9.84 Å². The lowest BCUT2D eigenvalue weighted by Crippen LogP contribution is -2.45. The molecular weight excluding hydrogens is 326 g/mol. The highest BCUT2D eigenvalue weighted by Gasteiger charge is 2.20. The van der Waals surface area contributed by atoms with Crippen LogP contribution in [0.25, 0.3) is 0 Å². The summed E-state index contributed by atoms with van der Waals surface area (Å²) in [6.07, 6.45) is 8.83. The first kappa shape index (κ1) is 19.0. The molecule has 0 aliphatic heterocycles. The van der Waals surface area contributed by atoms with Crippen molar-refractivity contribution in [3.63, 3.8) is 0 Å². The third-order valence-corrected chi connectivity index (χ3v) is 5.36. The summed E-state index contributed by atoms with van der Waals surface area (Å²) in [5, 5.41) is 16.5. The van der Waals surface area contributed by atoms with Gasteiger partial charge in [-0.25, -0.2) is 4.99 Å². The molecule has 5 nitrogen and oxygen atoms in total. The minimum absolute atomic E-state index is 0.132. The first-order chi connectivity index (χ1) is 12.7. The van der Waals surface area contributed by atoms with Crippen molar-refractivity contribution >= 4 is 5.96 Å². The monoisotopic (exact) mass is 359 g/mol. The van der Waals surface area contributed by atoms with Crippen LogP contribution in [0.2, 0.25) is 0 Å². The molecule has 1 aromatic rings. The lowest BCUT2D eigenvalue weighted by molar-refractivity contribution is 0.120. The van der Waals surface area contributed by atoms with Gasteiger partial charge in [-0.05, 0) is 64.4 Å². The summed E-state index contributed by atoms with van der Waals surface area (Å²) in [7, 11) is 0. The Morgan fingerprint density at radius 3 is 2.58 bits per heavy atom. The molecule has 0 saturated heterocycles. The largest absolute Gasteiger partial charge is 0.490 e. The summed E-state index contributed by atoms with van der Waals surface area (Å²) in [5.41, 5.74) is 1.13. The molecule has 0 amide bonds. The Balaban J connectivity index is 1.61. The van der Waals surface area contributed by atoms with Gasteiger partial charge in [0.1, 0.15) is 5.75 Å². The molecule has 0 atom stereocenters. The van der Waals surface area contributed by atoms with Crippen LogP contribution >= 0.6 is 0 Å². The standard InChI is InChI=1S/C21H33N3O2/c1-2-22-21(24-17-11-13-18(25)14-12-17)23-15-16-7-3-6-10-20(16)26-19-8-4-5-9-19/h3,6-7,10,17-19,25H,2,4-5,8-9,11-15H2,1H3,(H2,22,23,24). The van der Waals surface area contributed by atoms with Gasteiger partial charge in [-0.15, -0.1) is 0 Å². The highest BCUT2D eigenvalue weighted by molar-refractivity contribution is 5.80. The Morgan fingerprint density at radius 1 is 1.12 bits per heavy atom. The second-order valence-electron chi connectivity index (χ2n) is 7.48. The topological polar surface area (TPSA) is 65.9 Å². The van der Waals surface area contributed by atoms with E-state index in [9.17, 15) is 5.11 Å². The Morgan fingerprint density at radius 2 is 1.85 bits per heavy atom. The number of hydrogen-bond donors (Lipinski definition) is 3. The maximum absolute atomic E-state index is 9.68. The van der Waals surface area contributed by atoms with Gasteiger partial charge >= 0.3 is 0 Å². The van der Waals surface area contributed by atoms with E-state index in [-0.39, 0.29) is 6.10 Å². The zero-order chi connectivity index (χ0) is 18.2. The molecule has 0 radical (unpaired) electrons. The average molecular weight is 360 g/mol. The van der Waals surface area contributed by atoms with Crippen molar-refractivity contribution in [3.05, 3.63) is 29.8 Å². The Kier molecular flexibility index (Phi) is 7.18. The summed E-state index contributed by atoms with van der Waals surface area (Å²) in [5.74, 6) is 1.82. The van der Waals surface area contributed by atoms with E-state index in [0.29, 0.717) is 18.7 Å². The maximum atomic E-state index is 9.68. The summed E-state index contributed by atoms with van der Waals surface area (Å²) in [6.45, 7) is 3.52. The van der Waals surface area contributed by atoms with Gasteiger partial charge < -0.3 is 20.5 Å². The van der Waals surface area contributed by atoms with Crippen LogP contribution < -0.4 is 15.4 Å².